The number of carbonyl (C=O) groups excluding carboxylic acids is 2. The minimum Gasteiger partial charge on any atom is -0.480 e. The molecule has 1 aliphatic rings. The number of methoxy groups -OCH3 is 1. The van der Waals surface area contributed by atoms with Crippen molar-refractivity contribution in [2.75, 3.05) is 20.3 Å². The van der Waals surface area contributed by atoms with Crippen molar-refractivity contribution in [3.05, 3.63) is 59.7 Å². The van der Waals surface area contributed by atoms with Gasteiger partial charge in [0.15, 0.2) is 0 Å². The Labute approximate surface area is 199 Å². The van der Waals surface area contributed by atoms with Crippen LogP contribution in [0.5, 0.6) is 0 Å². The van der Waals surface area contributed by atoms with Gasteiger partial charge in [0.05, 0.1) is 6.61 Å². The Morgan fingerprint density at radius 3 is 2.03 bits per heavy atom. The van der Waals surface area contributed by atoms with Crippen LogP contribution < -0.4 is 10.6 Å². The first kappa shape index (κ1) is 25.2. The molecule has 2 unspecified atom stereocenters. The second kappa shape index (κ2) is 11.7. The van der Waals surface area contributed by atoms with E-state index < -0.39 is 30.1 Å². The molecule has 0 aromatic heterocycles. The number of aliphatic carboxylic acids is 1. The number of hydrogen-bond donors (Lipinski definition) is 3. The van der Waals surface area contributed by atoms with Gasteiger partial charge in [0, 0.05) is 13.0 Å². The third-order valence-electron chi connectivity index (χ3n) is 5.93. The Morgan fingerprint density at radius 1 is 0.912 bits per heavy atom. The van der Waals surface area contributed by atoms with E-state index in [-0.39, 0.29) is 19.1 Å². The van der Waals surface area contributed by atoms with E-state index >= 15 is 0 Å². The summed E-state index contributed by atoms with van der Waals surface area (Å²) in [7, 11) is 1.40. The van der Waals surface area contributed by atoms with Crippen LogP contribution in [0.25, 0.3) is 11.1 Å². The maximum absolute atomic E-state index is 12.7. The first-order valence-corrected chi connectivity index (χ1v) is 11.5. The SMILES string of the molecule is COCC(NC(=O)OCC1c2ccccc2-c2ccccc21)C(=O)NC(CCC(C)C)C(=O)O. The molecule has 2 aromatic rings. The minimum absolute atomic E-state index is 0.104. The third kappa shape index (κ3) is 6.14. The van der Waals surface area contributed by atoms with Gasteiger partial charge >= 0.3 is 12.1 Å². The van der Waals surface area contributed by atoms with Gasteiger partial charge in [-0.05, 0) is 41.0 Å². The van der Waals surface area contributed by atoms with Crippen LogP contribution in [0.1, 0.15) is 43.7 Å². The van der Waals surface area contributed by atoms with Gasteiger partial charge in [-0.15, -0.1) is 0 Å². The third-order valence-corrected chi connectivity index (χ3v) is 5.93. The molecule has 8 heteroatoms. The average Bonchev–Trinajstić information content (AvgIpc) is 3.13. The van der Waals surface area contributed by atoms with Gasteiger partial charge in [-0.1, -0.05) is 62.4 Å². The number of benzene rings is 2. The molecule has 1 aliphatic carbocycles. The van der Waals surface area contributed by atoms with Crippen LogP contribution in [-0.4, -0.2) is 55.5 Å². The predicted octanol–water partition coefficient (Wildman–Crippen LogP) is 3.55. The van der Waals surface area contributed by atoms with Crippen LogP contribution in [0.3, 0.4) is 0 Å². The first-order valence-electron chi connectivity index (χ1n) is 11.5. The normalized spacial score (nSPS) is 14.1. The Hall–Kier alpha value is -3.39. The Balaban J connectivity index is 1.62. The van der Waals surface area contributed by atoms with Crippen LogP contribution in [0.15, 0.2) is 48.5 Å². The summed E-state index contributed by atoms with van der Waals surface area (Å²) in [6.45, 7) is 3.94. The van der Waals surface area contributed by atoms with Gasteiger partial charge in [0.25, 0.3) is 0 Å². The molecule has 3 rings (SSSR count). The summed E-state index contributed by atoms with van der Waals surface area (Å²) in [5, 5.41) is 14.4. The standard InChI is InChI=1S/C26H32N2O6/c1-16(2)12-13-22(25(30)31)27-24(29)23(15-33-3)28-26(32)34-14-21-19-10-6-4-8-17(19)18-9-5-7-11-20(18)21/h4-11,16,21-23H,12-15H2,1-3H3,(H,27,29)(H,28,32)(H,30,31). The van der Waals surface area contributed by atoms with Gasteiger partial charge in [0.2, 0.25) is 5.91 Å². The molecule has 2 amide bonds. The van der Waals surface area contributed by atoms with Crippen LogP contribution in [0.4, 0.5) is 4.79 Å². The Kier molecular flexibility index (Phi) is 8.65. The molecule has 2 aromatic carbocycles. The number of nitrogens with one attached hydrogen (secondary N) is 2. The molecule has 34 heavy (non-hydrogen) atoms. The van der Waals surface area contributed by atoms with E-state index in [4.69, 9.17) is 9.47 Å². The lowest BCUT2D eigenvalue weighted by molar-refractivity contribution is -0.142. The van der Waals surface area contributed by atoms with Crippen molar-refractivity contribution in [2.45, 2.75) is 44.7 Å². The largest absolute Gasteiger partial charge is 0.480 e. The molecule has 0 saturated heterocycles. The van der Waals surface area contributed by atoms with Gasteiger partial charge in [-0.25, -0.2) is 9.59 Å². The number of amides is 2. The van der Waals surface area contributed by atoms with Crippen molar-refractivity contribution in [3.63, 3.8) is 0 Å². The smallest absolute Gasteiger partial charge is 0.407 e. The van der Waals surface area contributed by atoms with Crippen LogP contribution in [0, 0.1) is 5.92 Å². The second-order valence-electron chi connectivity index (χ2n) is 8.85. The fraction of sp³-hybridized carbons (Fsp3) is 0.423. The molecule has 0 aliphatic heterocycles. The summed E-state index contributed by atoms with van der Waals surface area (Å²) in [4.78, 5) is 36.8. The van der Waals surface area contributed by atoms with Crippen molar-refractivity contribution in [2.24, 2.45) is 5.92 Å². The molecular formula is C26H32N2O6. The summed E-state index contributed by atoms with van der Waals surface area (Å²) >= 11 is 0. The Bertz CT molecular complexity index is 976. The predicted molar refractivity (Wildman–Crippen MR) is 128 cm³/mol. The number of carbonyl (C=O) groups is 3. The summed E-state index contributed by atoms with van der Waals surface area (Å²) in [6.07, 6.45) is 0.170. The molecule has 2 atom stereocenters. The molecule has 0 heterocycles. The fourth-order valence-electron chi connectivity index (χ4n) is 4.16. The molecule has 0 fully saturated rings. The van der Waals surface area contributed by atoms with Gasteiger partial charge in [-0.2, -0.15) is 0 Å². The van der Waals surface area contributed by atoms with Gasteiger partial charge < -0.3 is 25.2 Å². The topological polar surface area (TPSA) is 114 Å². The van der Waals surface area contributed by atoms with E-state index in [0.29, 0.717) is 18.8 Å². The first-order chi connectivity index (χ1) is 16.3. The quantitative estimate of drug-likeness (QED) is 0.465. The van der Waals surface area contributed by atoms with Gasteiger partial charge in [0.1, 0.15) is 18.7 Å². The number of hydrogen-bond acceptors (Lipinski definition) is 5. The molecular weight excluding hydrogens is 436 g/mol. The van der Waals surface area contributed by atoms with E-state index in [1.54, 1.807) is 0 Å². The summed E-state index contributed by atoms with van der Waals surface area (Å²) in [5.74, 6) is -1.56. The fourth-order valence-corrected chi connectivity index (χ4v) is 4.16. The highest BCUT2D eigenvalue weighted by Gasteiger charge is 2.30. The van der Waals surface area contributed by atoms with Gasteiger partial charge in [-0.3, -0.25) is 4.79 Å². The monoisotopic (exact) mass is 468 g/mol. The van der Waals surface area contributed by atoms with E-state index in [2.05, 4.69) is 10.6 Å². The molecule has 0 saturated carbocycles. The molecule has 8 nitrogen and oxygen atoms in total. The van der Waals surface area contributed by atoms with Crippen molar-refractivity contribution >= 4 is 18.0 Å². The number of ether oxygens (including phenoxy) is 2. The van der Waals surface area contributed by atoms with Crippen molar-refractivity contribution in [1.82, 2.24) is 10.6 Å². The van der Waals surface area contributed by atoms with Crippen LogP contribution in [-0.2, 0) is 19.1 Å². The molecule has 0 bridgehead atoms. The zero-order valence-corrected chi connectivity index (χ0v) is 19.7. The van der Waals surface area contributed by atoms with Crippen LogP contribution >= 0.6 is 0 Å². The number of carboxylic acid groups (broad SMARTS) is 1. The molecule has 182 valence electrons. The number of carboxylic acids is 1. The molecule has 3 N–H and O–H groups in total. The number of rotatable bonds is 11. The summed E-state index contributed by atoms with van der Waals surface area (Å²) in [5.41, 5.74) is 4.39. The Morgan fingerprint density at radius 2 is 1.50 bits per heavy atom. The zero-order chi connectivity index (χ0) is 24.7. The van der Waals surface area contributed by atoms with Crippen molar-refractivity contribution in [3.8, 4) is 11.1 Å². The maximum atomic E-state index is 12.7. The highest BCUT2D eigenvalue weighted by atomic mass is 16.5. The zero-order valence-electron chi connectivity index (χ0n) is 19.7. The maximum Gasteiger partial charge on any atom is 0.407 e. The highest BCUT2D eigenvalue weighted by Crippen LogP contribution is 2.44. The van der Waals surface area contributed by atoms with E-state index in [9.17, 15) is 19.5 Å². The highest BCUT2D eigenvalue weighted by molar-refractivity contribution is 5.89. The van der Waals surface area contributed by atoms with Crippen molar-refractivity contribution in [1.29, 1.82) is 0 Å². The van der Waals surface area contributed by atoms with Crippen molar-refractivity contribution < 1.29 is 29.0 Å². The molecule has 0 radical (unpaired) electrons. The van der Waals surface area contributed by atoms with E-state index in [1.807, 2.05) is 62.4 Å². The second-order valence-corrected chi connectivity index (χ2v) is 8.85. The lowest BCUT2D eigenvalue weighted by Gasteiger charge is -2.22. The lowest BCUT2D eigenvalue weighted by atomic mass is 9.98. The summed E-state index contributed by atoms with van der Waals surface area (Å²) in [6, 6.07) is 13.9. The lowest BCUT2D eigenvalue weighted by Crippen LogP contribution is -2.53. The number of fused-ring (bicyclic) bond motifs is 3. The van der Waals surface area contributed by atoms with E-state index in [1.165, 1.54) is 7.11 Å². The minimum atomic E-state index is -1.12. The average molecular weight is 469 g/mol. The molecule has 0 spiro atoms. The van der Waals surface area contributed by atoms with E-state index in [0.717, 1.165) is 22.3 Å². The summed E-state index contributed by atoms with van der Waals surface area (Å²) < 4.78 is 10.6. The number of alkyl carbamates (subject to hydrolysis) is 1. The van der Waals surface area contributed by atoms with Crippen LogP contribution in [0.2, 0.25) is 0 Å².